The van der Waals surface area contributed by atoms with Crippen LogP contribution in [0.5, 0.6) is 0 Å². The van der Waals surface area contributed by atoms with Gasteiger partial charge in [0.15, 0.2) is 0 Å². The molecule has 3 heteroatoms. The van der Waals surface area contributed by atoms with Gasteiger partial charge in [-0.1, -0.05) is 41.9 Å². The molecular weight excluding hydrogens is 286 g/mol. The van der Waals surface area contributed by atoms with Crippen LogP contribution in [0.25, 0.3) is 0 Å². The minimum absolute atomic E-state index is 0.473. The first-order valence-electron chi connectivity index (χ1n) is 7.30. The maximum Gasteiger partial charge on any atom is 0.0934 e. The van der Waals surface area contributed by atoms with Crippen LogP contribution < -0.4 is 5.32 Å². The summed E-state index contributed by atoms with van der Waals surface area (Å²) < 4.78 is 0.930. The predicted molar refractivity (Wildman–Crippen MR) is 87.8 cm³/mol. The molecule has 0 spiro atoms. The van der Waals surface area contributed by atoms with E-state index < -0.39 is 0 Å². The summed E-state index contributed by atoms with van der Waals surface area (Å²) in [5.41, 5.74) is 2.83. The number of rotatable bonds is 4. The molecule has 0 aliphatic heterocycles. The van der Waals surface area contributed by atoms with E-state index in [0.717, 1.165) is 10.8 Å². The van der Waals surface area contributed by atoms with Crippen molar-refractivity contribution in [3.8, 4) is 0 Å². The molecule has 0 saturated heterocycles. The van der Waals surface area contributed by atoms with Gasteiger partial charge in [0.1, 0.15) is 0 Å². The van der Waals surface area contributed by atoms with Crippen molar-refractivity contribution in [2.75, 3.05) is 0 Å². The molecule has 1 aliphatic rings. The maximum absolute atomic E-state index is 6.17. The van der Waals surface area contributed by atoms with E-state index in [1.54, 1.807) is 11.3 Å². The van der Waals surface area contributed by atoms with E-state index in [1.165, 1.54) is 35.3 Å². The van der Waals surface area contributed by atoms with Crippen LogP contribution in [0.15, 0.2) is 36.4 Å². The van der Waals surface area contributed by atoms with Crippen molar-refractivity contribution in [2.45, 2.75) is 44.7 Å². The Balaban J connectivity index is 1.66. The third-order valence-corrected chi connectivity index (χ3v) is 5.29. The fraction of sp³-hybridized carbons (Fsp3) is 0.412. The molecule has 20 heavy (non-hydrogen) atoms. The van der Waals surface area contributed by atoms with Crippen molar-refractivity contribution in [1.82, 2.24) is 5.32 Å². The lowest BCUT2D eigenvalue weighted by Gasteiger charge is -2.27. The number of benzene rings is 1. The van der Waals surface area contributed by atoms with Crippen LogP contribution in [0.4, 0.5) is 0 Å². The molecule has 0 bridgehead atoms. The van der Waals surface area contributed by atoms with E-state index in [4.69, 9.17) is 11.6 Å². The molecule has 106 valence electrons. The van der Waals surface area contributed by atoms with Crippen molar-refractivity contribution in [2.24, 2.45) is 0 Å². The molecule has 0 saturated carbocycles. The highest BCUT2D eigenvalue weighted by molar-refractivity contribution is 7.16. The number of halogens is 1. The van der Waals surface area contributed by atoms with Crippen molar-refractivity contribution in [1.29, 1.82) is 0 Å². The van der Waals surface area contributed by atoms with Gasteiger partial charge < -0.3 is 5.32 Å². The summed E-state index contributed by atoms with van der Waals surface area (Å²) in [5.74, 6) is 0. The summed E-state index contributed by atoms with van der Waals surface area (Å²) in [6.07, 6.45) is 4.75. The second kappa shape index (κ2) is 6.30. The van der Waals surface area contributed by atoms with Gasteiger partial charge in [-0.3, -0.25) is 0 Å². The Kier molecular flexibility index (Phi) is 4.45. The monoisotopic (exact) mass is 305 g/mol. The largest absolute Gasteiger partial charge is 0.307 e. The van der Waals surface area contributed by atoms with Gasteiger partial charge in [0.25, 0.3) is 0 Å². The Morgan fingerprint density at radius 2 is 2.15 bits per heavy atom. The fourth-order valence-electron chi connectivity index (χ4n) is 3.06. The van der Waals surface area contributed by atoms with Crippen LogP contribution in [-0.4, -0.2) is 6.04 Å². The first-order chi connectivity index (χ1) is 9.72. The SMILES string of the molecule is CC(Cc1ccccc1)NC1CCCc2sc(Cl)cc21. The summed E-state index contributed by atoms with van der Waals surface area (Å²) in [6, 6.07) is 13.8. The third-order valence-electron chi connectivity index (χ3n) is 3.95. The number of hydrogen-bond donors (Lipinski definition) is 1. The van der Waals surface area contributed by atoms with Gasteiger partial charge in [-0.15, -0.1) is 11.3 Å². The zero-order valence-electron chi connectivity index (χ0n) is 11.7. The maximum atomic E-state index is 6.17. The second-order valence-corrected chi connectivity index (χ2v) is 7.40. The van der Waals surface area contributed by atoms with Crippen molar-refractivity contribution >= 4 is 22.9 Å². The van der Waals surface area contributed by atoms with Gasteiger partial charge in [0.05, 0.1) is 4.34 Å². The topological polar surface area (TPSA) is 12.0 Å². The smallest absolute Gasteiger partial charge is 0.0934 e. The van der Waals surface area contributed by atoms with Crippen molar-refractivity contribution < 1.29 is 0 Å². The first kappa shape index (κ1) is 14.1. The number of fused-ring (bicyclic) bond motifs is 1. The minimum atomic E-state index is 0.473. The summed E-state index contributed by atoms with van der Waals surface area (Å²) in [6.45, 7) is 2.27. The summed E-state index contributed by atoms with van der Waals surface area (Å²) in [4.78, 5) is 1.48. The highest BCUT2D eigenvalue weighted by atomic mass is 35.5. The number of thiophene rings is 1. The molecule has 1 nitrogen and oxygen atoms in total. The molecule has 0 radical (unpaired) electrons. The number of aryl methyl sites for hydroxylation is 1. The predicted octanol–water partition coefficient (Wildman–Crippen LogP) is 5.00. The van der Waals surface area contributed by atoms with Gasteiger partial charge in [0, 0.05) is 17.0 Å². The second-order valence-electron chi connectivity index (χ2n) is 5.63. The molecule has 2 aromatic rings. The van der Waals surface area contributed by atoms with E-state index in [1.807, 2.05) is 0 Å². The Morgan fingerprint density at radius 1 is 1.35 bits per heavy atom. The lowest BCUT2D eigenvalue weighted by molar-refractivity contribution is 0.409. The Morgan fingerprint density at radius 3 is 2.95 bits per heavy atom. The van der Waals surface area contributed by atoms with E-state index >= 15 is 0 Å². The molecule has 2 unspecified atom stereocenters. The van der Waals surface area contributed by atoms with Gasteiger partial charge in [0.2, 0.25) is 0 Å². The molecule has 1 aromatic heterocycles. The van der Waals surface area contributed by atoms with Gasteiger partial charge in [-0.05, 0) is 49.8 Å². The molecular formula is C17H20ClNS. The molecule has 1 heterocycles. The van der Waals surface area contributed by atoms with Crippen LogP contribution in [0.2, 0.25) is 4.34 Å². The summed E-state index contributed by atoms with van der Waals surface area (Å²) in [7, 11) is 0. The van der Waals surface area contributed by atoms with Gasteiger partial charge >= 0.3 is 0 Å². The highest BCUT2D eigenvalue weighted by Gasteiger charge is 2.23. The first-order valence-corrected chi connectivity index (χ1v) is 8.50. The normalized spacial score (nSPS) is 19.6. The molecule has 1 aliphatic carbocycles. The average Bonchev–Trinajstić information content (AvgIpc) is 2.81. The number of hydrogen-bond acceptors (Lipinski definition) is 2. The zero-order valence-corrected chi connectivity index (χ0v) is 13.3. The summed E-state index contributed by atoms with van der Waals surface area (Å²) >= 11 is 7.92. The van der Waals surface area contributed by atoms with E-state index in [9.17, 15) is 0 Å². The Labute approximate surface area is 130 Å². The summed E-state index contributed by atoms with van der Waals surface area (Å²) in [5, 5.41) is 3.78. The molecule has 2 atom stereocenters. The van der Waals surface area contributed by atoms with Crippen LogP contribution in [0, 0.1) is 0 Å². The quantitative estimate of drug-likeness (QED) is 0.838. The van der Waals surface area contributed by atoms with Gasteiger partial charge in [-0.2, -0.15) is 0 Å². The van der Waals surface area contributed by atoms with Crippen LogP contribution in [0.1, 0.15) is 41.8 Å². The molecule has 3 rings (SSSR count). The Hall–Kier alpha value is -0.830. The standard InChI is InChI=1S/C17H20ClNS/c1-12(10-13-6-3-2-4-7-13)19-15-8-5-9-16-14(15)11-17(18)20-16/h2-4,6-7,11-12,15,19H,5,8-10H2,1H3. The highest BCUT2D eigenvalue weighted by Crippen LogP contribution is 2.38. The molecule has 1 N–H and O–H groups in total. The van der Waals surface area contributed by atoms with E-state index in [-0.39, 0.29) is 0 Å². The van der Waals surface area contributed by atoms with Crippen molar-refractivity contribution in [3.63, 3.8) is 0 Å². The van der Waals surface area contributed by atoms with Crippen LogP contribution >= 0.6 is 22.9 Å². The Bertz CT molecular complexity index is 564. The lowest BCUT2D eigenvalue weighted by Crippen LogP contribution is -2.33. The molecule has 0 fully saturated rings. The van der Waals surface area contributed by atoms with Gasteiger partial charge in [-0.25, -0.2) is 0 Å². The number of nitrogens with one attached hydrogen (secondary N) is 1. The van der Waals surface area contributed by atoms with Crippen LogP contribution in [-0.2, 0) is 12.8 Å². The average molecular weight is 306 g/mol. The van der Waals surface area contributed by atoms with E-state index in [2.05, 4.69) is 48.6 Å². The molecule has 0 amide bonds. The molecule has 1 aromatic carbocycles. The third kappa shape index (κ3) is 3.25. The fourth-order valence-corrected chi connectivity index (χ4v) is 4.45. The zero-order chi connectivity index (χ0) is 13.9. The lowest BCUT2D eigenvalue weighted by atomic mass is 9.93. The van der Waals surface area contributed by atoms with Crippen molar-refractivity contribution in [3.05, 3.63) is 56.7 Å². The minimum Gasteiger partial charge on any atom is -0.307 e. The van der Waals surface area contributed by atoms with E-state index in [0.29, 0.717) is 12.1 Å². The van der Waals surface area contributed by atoms with Crippen LogP contribution in [0.3, 0.4) is 0 Å².